The fraction of sp³-hybridized carbons (Fsp3) is 0.0323. The molecule has 0 radical (unpaired) electrons. The van der Waals surface area contributed by atoms with Crippen LogP contribution in [0.4, 0.5) is 5.69 Å². The lowest BCUT2D eigenvalue weighted by molar-refractivity contribution is -0.122. The average molecular weight is 516 g/mol. The third kappa shape index (κ3) is 4.29. The van der Waals surface area contributed by atoms with Crippen molar-refractivity contribution >= 4 is 62.7 Å². The molecule has 0 spiro atoms. The van der Waals surface area contributed by atoms with Crippen LogP contribution >= 0.6 is 12.2 Å². The summed E-state index contributed by atoms with van der Waals surface area (Å²) in [7, 11) is 0. The maximum absolute atomic E-state index is 13.7. The van der Waals surface area contributed by atoms with Gasteiger partial charge in [-0.3, -0.25) is 19.8 Å². The van der Waals surface area contributed by atoms with Gasteiger partial charge >= 0.3 is 0 Å². The first-order chi connectivity index (χ1) is 18.5. The molecule has 0 atom stereocenters. The second-order valence-corrected chi connectivity index (χ2v) is 9.32. The number of carbonyl (C=O) groups excluding carboxylic acids is 2. The van der Waals surface area contributed by atoms with E-state index in [2.05, 4.69) is 5.32 Å². The fourth-order valence-electron chi connectivity index (χ4n) is 4.52. The zero-order valence-electron chi connectivity index (χ0n) is 20.3. The molecule has 6 nitrogen and oxygen atoms in total. The first-order valence-electron chi connectivity index (χ1n) is 12.0. The predicted octanol–water partition coefficient (Wildman–Crippen LogP) is 6.32. The number of nitrogens with zero attached hydrogens (tertiary/aromatic N) is 2. The maximum Gasteiger partial charge on any atom is 0.270 e. The van der Waals surface area contributed by atoms with E-state index in [1.165, 1.54) is 4.90 Å². The molecular formula is C31H21N3O3S. The maximum atomic E-state index is 13.7. The Kier molecular flexibility index (Phi) is 5.90. The number of para-hydroxylation sites is 2. The van der Waals surface area contributed by atoms with Crippen molar-refractivity contribution in [2.75, 3.05) is 4.90 Å². The quantitative estimate of drug-likeness (QED) is 0.131. The van der Waals surface area contributed by atoms with Crippen LogP contribution in [0.15, 0.2) is 103 Å². The second kappa shape index (κ2) is 9.53. The zero-order valence-corrected chi connectivity index (χ0v) is 21.2. The molecule has 0 bridgehead atoms. The van der Waals surface area contributed by atoms with Gasteiger partial charge < -0.3 is 4.74 Å². The lowest BCUT2D eigenvalue weighted by Crippen LogP contribution is -2.54. The zero-order chi connectivity index (χ0) is 26.2. The van der Waals surface area contributed by atoms with E-state index in [1.807, 2.05) is 79.7 Å². The van der Waals surface area contributed by atoms with Crippen molar-refractivity contribution in [3.8, 4) is 11.5 Å². The highest BCUT2D eigenvalue weighted by atomic mass is 32.1. The van der Waals surface area contributed by atoms with Crippen molar-refractivity contribution in [3.05, 3.63) is 114 Å². The molecule has 1 aliphatic heterocycles. The first-order valence-corrected chi connectivity index (χ1v) is 12.4. The Balaban J connectivity index is 1.41. The molecule has 4 aromatic carbocycles. The third-order valence-electron chi connectivity index (χ3n) is 6.34. The molecule has 1 aromatic heterocycles. The number of rotatable bonds is 4. The number of ether oxygens (including phenoxy) is 1. The van der Waals surface area contributed by atoms with Gasteiger partial charge in [0.1, 0.15) is 17.1 Å². The first kappa shape index (κ1) is 23.5. The number of hydrogen-bond acceptors (Lipinski definition) is 5. The van der Waals surface area contributed by atoms with E-state index in [-0.39, 0.29) is 10.7 Å². The number of anilines is 1. The molecule has 2 heterocycles. The summed E-state index contributed by atoms with van der Waals surface area (Å²) in [6.45, 7) is 2.00. The highest BCUT2D eigenvalue weighted by molar-refractivity contribution is 7.80. The number of benzene rings is 4. The average Bonchev–Trinajstić information content (AvgIpc) is 2.92. The van der Waals surface area contributed by atoms with Crippen molar-refractivity contribution in [2.45, 2.75) is 6.92 Å². The molecule has 5 aromatic rings. The summed E-state index contributed by atoms with van der Waals surface area (Å²) in [6, 6.07) is 30.0. The van der Waals surface area contributed by atoms with Gasteiger partial charge in [0.05, 0.1) is 16.7 Å². The summed E-state index contributed by atoms with van der Waals surface area (Å²) >= 11 is 5.39. The minimum absolute atomic E-state index is 0.0117. The number of thiocarbonyl (C=S) groups is 1. The molecule has 1 fully saturated rings. The van der Waals surface area contributed by atoms with Gasteiger partial charge in [0.15, 0.2) is 5.11 Å². The van der Waals surface area contributed by atoms with Gasteiger partial charge in [-0.1, -0.05) is 48.0 Å². The molecule has 1 aliphatic rings. The van der Waals surface area contributed by atoms with E-state index in [1.54, 1.807) is 30.3 Å². The lowest BCUT2D eigenvalue weighted by atomic mass is 9.98. The largest absolute Gasteiger partial charge is 0.457 e. The smallest absolute Gasteiger partial charge is 0.270 e. The van der Waals surface area contributed by atoms with Gasteiger partial charge in [-0.25, -0.2) is 4.98 Å². The van der Waals surface area contributed by atoms with Crippen LogP contribution in [-0.2, 0) is 9.59 Å². The number of carbonyl (C=O) groups is 2. The number of pyridine rings is 1. The summed E-state index contributed by atoms with van der Waals surface area (Å²) in [5.41, 5.74) is 3.88. The van der Waals surface area contributed by atoms with Crippen LogP contribution in [-0.4, -0.2) is 21.9 Å². The van der Waals surface area contributed by atoms with Crippen molar-refractivity contribution < 1.29 is 14.3 Å². The summed E-state index contributed by atoms with van der Waals surface area (Å²) in [5, 5.41) is 4.40. The van der Waals surface area contributed by atoms with Gasteiger partial charge in [0, 0.05) is 10.8 Å². The number of hydrogen-bond donors (Lipinski definition) is 1. The molecule has 1 N–H and O–H groups in total. The Bertz CT molecular complexity index is 1780. The number of aromatic nitrogens is 1. The molecule has 7 heteroatoms. The number of fused-ring (bicyclic) bond motifs is 2. The molecule has 0 unspecified atom stereocenters. The van der Waals surface area contributed by atoms with Crippen LogP contribution in [0.25, 0.3) is 27.9 Å². The van der Waals surface area contributed by atoms with Gasteiger partial charge in [-0.2, -0.15) is 0 Å². The van der Waals surface area contributed by atoms with Crippen LogP contribution in [0.3, 0.4) is 0 Å². The minimum atomic E-state index is -0.540. The fourth-order valence-corrected chi connectivity index (χ4v) is 4.80. The monoisotopic (exact) mass is 515 g/mol. The number of aryl methyl sites for hydroxylation is 1. The van der Waals surface area contributed by atoms with E-state index < -0.39 is 11.8 Å². The van der Waals surface area contributed by atoms with Crippen LogP contribution in [0.5, 0.6) is 11.5 Å². The van der Waals surface area contributed by atoms with Crippen LogP contribution in [0.1, 0.15) is 11.1 Å². The van der Waals surface area contributed by atoms with E-state index in [0.717, 1.165) is 32.9 Å². The van der Waals surface area contributed by atoms with E-state index >= 15 is 0 Å². The Morgan fingerprint density at radius 3 is 2.29 bits per heavy atom. The van der Waals surface area contributed by atoms with Crippen molar-refractivity contribution in [1.82, 2.24) is 10.3 Å². The van der Waals surface area contributed by atoms with E-state index in [9.17, 15) is 9.59 Å². The normalized spacial score (nSPS) is 14.8. The van der Waals surface area contributed by atoms with E-state index in [4.69, 9.17) is 21.9 Å². The Labute approximate surface area is 224 Å². The Hall–Kier alpha value is -4.88. The van der Waals surface area contributed by atoms with Crippen LogP contribution in [0.2, 0.25) is 0 Å². The molecule has 0 aliphatic carbocycles. The van der Waals surface area contributed by atoms with Gasteiger partial charge in [0.2, 0.25) is 0 Å². The summed E-state index contributed by atoms with van der Waals surface area (Å²) in [5.74, 6) is 0.272. The molecule has 1 saturated heterocycles. The molecule has 6 rings (SSSR count). The summed E-state index contributed by atoms with van der Waals surface area (Å²) in [4.78, 5) is 32.9. The van der Waals surface area contributed by atoms with E-state index in [0.29, 0.717) is 17.2 Å². The Morgan fingerprint density at radius 2 is 1.50 bits per heavy atom. The van der Waals surface area contributed by atoms with Crippen LogP contribution < -0.4 is 15.0 Å². The number of amides is 2. The molecule has 0 saturated carbocycles. The van der Waals surface area contributed by atoms with Gasteiger partial charge in [0.25, 0.3) is 11.8 Å². The molecule has 38 heavy (non-hydrogen) atoms. The van der Waals surface area contributed by atoms with Crippen LogP contribution in [0, 0.1) is 6.92 Å². The van der Waals surface area contributed by atoms with Crippen molar-refractivity contribution in [2.24, 2.45) is 0 Å². The summed E-state index contributed by atoms with van der Waals surface area (Å²) in [6.07, 6.45) is 1.64. The van der Waals surface area contributed by atoms with Gasteiger partial charge in [-0.05, 0) is 85.4 Å². The lowest BCUT2D eigenvalue weighted by Gasteiger charge is -2.29. The summed E-state index contributed by atoms with van der Waals surface area (Å²) < 4.78 is 5.86. The Morgan fingerprint density at radius 1 is 0.816 bits per heavy atom. The molecule has 184 valence electrons. The highest BCUT2D eigenvalue weighted by Crippen LogP contribution is 2.31. The molecule has 2 amide bonds. The third-order valence-corrected chi connectivity index (χ3v) is 6.63. The second-order valence-electron chi connectivity index (χ2n) is 8.93. The topological polar surface area (TPSA) is 71.5 Å². The van der Waals surface area contributed by atoms with Crippen molar-refractivity contribution in [1.29, 1.82) is 0 Å². The minimum Gasteiger partial charge on any atom is -0.457 e. The highest BCUT2D eigenvalue weighted by Gasteiger charge is 2.34. The predicted molar refractivity (Wildman–Crippen MR) is 153 cm³/mol. The standard InChI is InChI=1S/C31H21N3O3S/c1-19-11-16-28-25(17-19)24(23-9-5-6-10-27(23)32-28)18-26-29(35)33-31(38)34(30(26)36)20-12-14-22(15-13-20)37-21-7-3-2-4-8-21/h2-18H,1H3,(H,33,35,38)/b26-18+. The number of nitrogens with one attached hydrogen (secondary N) is 1. The van der Waals surface area contributed by atoms with Crippen molar-refractivity contribution in [3.63, 3.8) is 0 Å². The van der Waals surface area contributed by atoms with Gasteiger partial charge in [-0.15, -0.1) is 0 Å². The SMILES string of the molecule is Cc1ccc2nc3ccccc3c(/C=C3\C(=O)NC(=S)N(c4ccc(Oc5ccccc5)cc4)C3=O)c2c1. The molecular weight excluding hydrogens is 494 g/mol.